The van der Waals surface area contributed by atoms with Crippen LogP contribution in [0.2, 0.25) is 0 Å². The molecule has 1 fully saturated rings. The maximum atomic E-state index is 13.9. The molecule has 0 radical (unpaired) electrons. The van der Waals surface area contributed by atoms with Gasteiger partial charge in [-0.3, -0.25) is 9.59 Å². The highest BCUT2D eigenvalue weighted by atomic mass is 32.2. The van der Waals surface area contributed by atoms with Crippen LogP contribution in [0, 0.1) is 23.1 Å². The second kappa shape index (κ2) is 13.8. The van der Waals surface area contributed by atoms with Crippen LogP contribution >= 0.6 is 0 Å². The van der Waals surface area contributed by atoms with Crippen molar-refractivity contribution in [3.8, 4) is 17.2 Å². The Morgan fingerprint density at radius 1 is 0.939 bits per heavy atom. The summed E-state index contributed by atoms with van der Waals surface area (Å²) in [4.78, 5) is 25.5. The van der Waals surface area contributed by atoms with Crippen molar-refractivity contribution in [1.82, 2.24) is 4.31 Å². The molecule has 0 aliphatic carbocycles. The van der Waals surface area contributed by atoms with Crippen molar-refractivity contribution in [2.75, 3.05) is 18.4 Å². The van der Waals surface area contributed by atoms with Crippen LogP contribution in [0.1, 0.15) is 39.9 Å². The first-order valence-corrected chi connectivity index (χ1v) is 16.5. The van der Waals surface area contributed by atoms with Crippen molar-refractivity contribution in [3.05, 3.63) is 119 Å². The topological polar surface area (TPSA) is 154 Å². The molecule has 1 aliphatic rings. The van der Waals surface area contributed by atoms with Crippen molar-refractivity contribution in [1.29, 1.82) is 5.26 Å². The fourth-order valence-corrected chi connectivity index (χ4v) is 7.43. The van der Waals surface area contributed by atoms with E-state index < -0.39 is 56.5 Å². The average Bonchev–Trinajstić information content (AvgIpc) is 3.08. The van der Waals surface area contributed by atoms with Crippen molar-refractivity contribution in [2.45, 2.75) is 35.9 Å². The van der Waals surface area contributed by atoms with E-state index in [9.17, 15) is 40.7 Å². The van der Waals surface area contributed by atoms with Crippen molar-refractivity contribution < 1.29 is 40.7 Å². The van der Waals surface area contributed by atoms with Gasteiger partial charge in [-0.05, 0) is 90.0 Å². The third-order valence-corrected chi connectivity index (χ3v) is 10.5. The van der Waals surface area contributed by atoms with E-state index in [1.807, 2.05) is 0 Å². The Morgan fingerprint density at radius 2 is 1.57 bits per heavy atom. The zero-order valence-corrected chi connectivity index (χ0v) is 26.6. The highest BCUT2D eigenvalue weighted by Crippen LogP contribution is 2.37. The van der Waals surface area contributed by atoms with Crippen LogP contribution in [0.3, 0.4) is 0 Å². The van der Waals surface area contributed by atoms with Crippen LogP contribution in [-0.4, -0.2) is 48.3 Å². The van der Waals surface area contributed by atoms with Gasteiger partial charge in [0.2, 0.25) is 15.9 Å². The molecule has 1 aliphatic heterocycles. The quantitative estimate of drug-likeness (QED) is 0.197. The minimum atomic E-state index is -4.89. The zero-order chi connectivity index (χ0) is 35.6. The smallest absolute Gasteiger partial charge is 0.379 e. The summed E-state index contributed by atoms with van der Waals surface area (Å²) in [6.07, 6.45) is -5.19. The van der Waals surface area contributed by atoms with E-state index >= 15 is 0 Å². The molecular weight excluding hydrogens is 664 g/mol. The molecule has 4 aromatic rings. The Balaban J connectivity index is 1.47. The number of rotatable bonds is 9. The van der Waals surface area contributed by atoms with Crippen molar-refractivity contribution in [2.24, 2.45) is 11.7 Å². The van der Waals surface area contributed by atoms with Crippen LogP contribution in [0.15, 0.2) is 95.9 Å². The number of sulfonamides is 1. The number of amides is 2. The molecule has 4 aromatic carbocycles. The van der Waals surface area contributed by atoms with Crippen molar-refractivity contribution >= 4 is 27.5 Å². The lowest BCUT2D eigenvalue weighted by Crippen LogP contribution is -2.54. The second-order valence-corrected chi connectivity index (χ2v) is 13.6. The molecule has 49 heavy (non-hydrogen) atoms. The molecule has 5 rings (SSSR count). The highest BCUT2D eigenvalue weighted by Gasteiger charge is 2.46. The summed E-state index contributed by atoms with van der Waals surface area (Å²) in [6.45, 7) is -0.204. The number of alkyl halides is 3. The SMILES string of the molecule is N#Cc1ccc(NC(=O)[C@@](O)(Cc2cccc(-c3cccc(C(N)=O)c3)c2)C2CCN(S(=O)(=O)c3ccc(F)cc3)CC2)cc1C(F)(F)F. The Morgan fingerprint density at radius 3 is 2.18 bits per heavy atom. The third-order valence-electron chi connectivity index (χ3n) is 8.56. The van der Waals surface area contributed by atoms with Gasteiger partial charge in [0.1, 0.15) is 11.4 Å². The molecule has 1 saturated heterocycles. The molecule has 0 unspecified atom stereocenters. The summed E-state index contributed by atoms with van der Waals surface area (Å²) < 4.78 is 82.1. The first-order valence-electron chi connectivity index (χ1n) is 15.0. The number of anilines is 1. The van der Waals surface area contributed by atoms with E-state index in [2.05, 4.69) is 5.32 Å². The number of piperidine rings is 1. The second-order valence-electron chi connectivity index (χ2n) is 11.7. The maximum Gasteiger partial charge on any atom is 0.417 e. The Kier molecular flexibility index (Phi) is 9.91. The minimum absolute atomic E-state index is 0.00582. The molecule has 2 amide bonds. The fraction of sp³-hybridized carbons (Fsp3) is 0.229. The van der Waals surface area contributed by atoms with E-state index in [0.717, 1.165) is 40.7 Å². The van der Waals surface area contributed by atoms with Gasteiger partial charge in [0.25, 0.3) is 5.91 Å². The lowest BCUT2D eigenvalue weighted by Gasteiger charge is -2.40. The van der Waals surface area contributed by atoms with Crippen LogP contribution in [0.25, 0.3) is 11.1 Å². The number of halogens is 4. The standard InChI is InChI=1S/C35H30F4N4O5S/c36-28-8-11-30(12-9-28)49(47,48)43-15-13-27(14-16-43)34(46,33(45)42-29-10-7-26(21-40)31(19-29)35(37,38)39)20-22-3-1-4-23(17-22)24-5-2-6-25(18-24)32(41)44/h1-12,17-19,27,46H,13-16,20H2,(H2,41,44)(H,42,45)/t34-/m1/s1. The number of hydrogen-bond acceptors (Lipinski definition) is 6. The number of nitrogens with one attached hydrogen (secondary N) is 1. The molecule has 4 N–H and O–H groups in total. The summed E-state index contributed by atoms with van der Waals surface area (Å²) in [7, 11) is -4.03. The number of carbonyl (C=O) groups is 2. The molecule has 14 heteroatoms. The fourth-order valence-electron chi connectivity index (χ4n) is 5.96. The van der Waals surface area contributed by atoms with Gasteiger partial charge in [0.05, 0.1) is 22.1 Å². The van der Waals surface area contributed by atoms with Gasteiger partial charge < -0.3 is 16.2 Å². The molecule has 1 heterocycles. The highest BCUT2D eigenvalue weighted by molar-refractivity contribution is 7.89. The number of primary amides is 1. The molecule has 1 atom stereocenters. The number of nitrogens with two attached hydrogens (primary N) is 1. The summed E-state index contributed by atoms with van der Waals surface area (Å²) in [5.74, 6) is -3.11. The normalized spacial score (nSPS) is 15.6. The summed E-state index contributed by atoms with van der Waals surface area (Å²) >= 11 is 0. The molecule has 254 valence electrons. The molecule has 9 nitrogen and oxygen atoms in total. The van der Waals surface area contributed by atoms with Crippen LogP contribution in [-0.2, 0) is 27.4 Å². The predicted octanol–water partition coefficient (Wildman–Crippen LogP) is 5.50. The number of nitriles is 1. The van der Waals surface area contributed by atoms with Gasteiger partial charge in [0.15, 0.2) is 0 Å². The predicted molar refractivity (Wildman–Crippen MR) is 172 cm³/mol. The molecule has 0 spiro atoms. The van der Waals surface area contributed by atoms with Crippen LogP contribution in [0.5, 0.6) is 0 Å². The summed E-state index contributed by atoms with van der Waals surface area (Å²) in [6, 6.07) is 21.7. The van der Waals surface area contributed by atoms with Crippen LogP contribution < -0.4 is 11.1 Å². The number of carbonyl (C=O) groups excluding carboxylic acids is 2. The largest absolute Gasteiger partial charge is 0.417 e. The molecule has 0 saturated carbocycles. The van der Waals surface area contributed by atoms with Gasteiger partial charge in [-0.1, -0.05) is 36.4 Å². The summed E-state index contributed by atoms with van der Waals surface area (Å²) in [5, 5.41) is 23.8. The molecule has 0 aromatic heterocycles. The van der Waals surface area contributed by atoms with E-state index in [4.69, 9.17) is 11.0 Å². The van der Waals surface area contributed by atoms with Gasteiger partial charge in [-0.15, -0.1) is 0 Å². The molecular formula is C35H30F4N4O5S. The Hall–Kier alpha value is -5.10. The van der Waals surface area contributed by atoms with Gasteiger partial charge >= 0.3 is 6.18 Å². The number of benzene rings is 4. The third kappa shape index (κ3) is 7.64. The monoisotopic (exact) mass is 694 g/mol. The average molecular weight is 695 g/mol. The van der Waals surface area contributed by atoms with E-state index in [-0.39, 0.29) is 48.5 Å². The number of aliphatic hydroxyl groups is 1. The van der Waals surface area contributed by atoms with E-state index in [1.54, 1.807) is 48.5 Å². The Bertz CT molecular complexity index is 2040. The molecule has 0 bridgehead atoms. The van der Waals surface area contributed by atoms with Gasteiger partial charge in [-0.25, -0.2) is 12.8 Å². The van der Waals surface area contributed by atoms with E-state index in [1.165, 1.54) is 6.07 Å². The van der Waals surface area contributed by atoms with E-state index in [0.29, 0.717) is 22.8 Å². The number of nitrogens with zero attached hydrogens (tertiary/aromatic N) is 2. The number of hydrogen-bond donors (Lipinski definition) is 3. The zero-order valence-electron chi connectivity index (χ0n) is 25.7. The lowest BCUT2D eigenvalue weighted by molar-refractivity contribution is -0.142. The first-order chi connectivity index (χ1) is 23.1. The van der Waals surface area contributed by atoms with Crippen LogP contribution in [0.4, 0.5) is 23.2 Å². The summed E-state index contributed by atoms with van der Waals surface area (Å²) in [5.41, 5.74) is 2.96. The lowest BCUT2D eigenvalue weighted by atomic mass is 9.76. The first kappa shape index (κ1) is 35.2. The van der Waals surface area contributed by atoms with Crippen molar-refractivity contribution in [3.63, 3.8) is 0 Å². The Labute approximate surface area is 279 Å². The van der Waals surface area contributed by atoms with Gasteiger partial charge in [0, 0.05) is 30.8 Å². The maximum absolute atomic E-state index is 13.9. The minimum Gasteiger partial charge on any atom is -0.379 e. The van der Waals surface area contributed by atoms with Gasteiger partial charge in [-0.2, -0.15) is 22.7 Å².